The highest BCUT2D eigenvalue weighted by atomic mass is 32.2. The molecule has 3 saturated carbocycles. The number of aliphatic hydroxyl groups excluding tert-OH is 4. The van der Waals surface area contributed by atoms with Gasteiger partial charge in [-0.3, -0.25) is 4.79 Å². The number of carbonyl (C=O) groups excluding carboxylic acids is 2. The van der Waals surface area contributed by atoms with Crippen LogP contribution in [0.3, 0.4) is 0 Å². The fraction of sp³-hybridized carbons (Fsp3) is 0.848. The molecule has 1 aliphatic heterocycles. The molecule has 1 amide bonds. The fourth-order valence-electron chi connectivity index (χ4n) is 12.4. The first-order chi connectivity index (χ1) is 28.2. The number of thioether (sulfide) groups is 1. The first kappa shape index (κ1) is 46.5. The number of carbonyl (C=O) groups is 2. The van der Waals surface area contributed by atoms with Crippen molar-refractivity contribution in [2.45, 2.75) is 173 Å². The number of imidazole rings is 1. The van der Waals surface area contributed by atoms with Crippen LogP contribution in [0.25, 0.3) is 0 Å². The molecule has 0 bridgehead atoms. The second-order valence-corrected chi connectivity index (χ2v) is 21.1. The average molecular weight is 845 g/mol. The second-order valence-electron chi connectivity index (χ2n) is 20.0. The maximum Gasteiger partial charge on any atom is 0.407 e. The van der Waals surface area contributed by atoms with E-state index in [0.717, 1.165) is 72.2 Å². The number of fused-ring (bicyclic) bond motifs is 5. The molecule has 0 spiro atoms. The highest BCUT2D eigenvalue weighted by Gasteiger charge is 2.59. The molecule has 1 aromatic heterocycles. The summed E-state index contributed by atoms with van der Waals surface area (Å²) < 4.78 is 11.6. The van der Waals surface area contributed by atoms with Crippen molar-refractivity contribution >= 4 is 23.6 Å². The number of aliphatic hydroxyl groups is 4. The molecule has 1 unspecified atom stereocenters. The van der Waals surface area contributed by atoms with Crippen molar-refractivity contribution < 1.29 is 39.5 Å². The molecule has 0 radical (unpaired) electrons. The van der Waals surface area contributed by atoms with Crippen LogP contribution in [0.1, 0.15) is 130 Å². The van der Waals surface area contributed by atoms with Gasteiger partial charge in [-0.15, -0.1) is 11.8 Å². The van der Waals surface area contributed by atoms with Gasteiger partial charge in [-0.1, -0.05) is 65.5 Å². The van der Waals surface area contributed by atoms with E-state index in [2.05, 4.69) is 56.0 Å². The Hall–Kier alpha value is -2.00. The van der Waals surface area contributed by atoms with Gasteiger partial charge in [0.15, 0.2) is 0 Å². The molecule has 2 heterocycles. The van der Waals surface area contributed by atoms with E-state index in [-0.39, 0.29) is 29.5 Å². The van der Waals surface area contributed by atoms with Crippen LogP contribution < -0.4 is 11.1 Å². The Bertz CT molecular complexity index is 1540. The normalized spacial score (nSPS) is 37.1. The van der Waals surface area contributed by atoms with E-state index >= 15 is 0 Å². The highest BCUT2D eigenvalue weighted by Crippen LogP contribution is 2.67. The van der Waals surface area contributed by atoms with Crippen LogP contribution in [0, 0.1) is 52.3 Å². The van der Waals surface area contributed by atoms with Crippen LogP contribution in [0.5, 0.6) is 0 Å². The summed E-state index contributed by atoms with van der Waals surface area (Å²) in [6.45, 7) is 12.3. The van der Waals surface area contributed by atoms with Crippen molar-refractivity contribution in [2.24, 2.45) is 58.0 Å². The largest absolute Gasteiger partial charge is 0.446 e. The topological polar surface area (TPSA) is 200 Å². The number of ketones is 1. The van der Waals surface area contributed by atoms with Crippen molar-refractivity contribution in [3.8, 4) is 0 Å². The van der Waals surface area contributed by atoms with Crippen LogP contribution >= 0.6 is 11.8 Å². The van der Waals surface area contributed by atoms with Gasteiger partial charge in [-0.25, -0.2) is 9.78 Å². The number of ether oxygens (including phenoxy) is 2. The Morgan fingerprint density at radius 1 is 1.03 bits per heavy atom. The molecule has 6 rings (SSSR count). The Labute approximate surface area is 357 Å². The minimum absolute atomic E-state index is 0.0145. The summed E-state index contributed by atoms with van der Waals surface area (Å²) in [4.78, 5) is 33.6. The number of amides is 1. The molecule has 13 heteroatoms. The quantitative estimate of drug-likeness (QED) is 0.0609. The fourth-order valence-corrected chi connectivity index (χ4v) is 13.6. The van der Waals surface area contributed by atoms with E-state index in [0.29, 0.717) is 31.2 Å². The molecule has 4 aliphatic carbocycles. The van der Waals surface area contributed by atoms with Gasteiger partial charge in [-0.05, 0) is 104 Å². The number of hydrogen-bond acceptors (Lipinski definition) is 11. The molecule has 8 N–H and O–H groups in total. The first-order valence-corrected chi connectivity index (χ1v) is 24.0. The molecule has 0 aromatic carbocycles. The van der Waals surface area contributed by atoms with Gasteiger partial charge < -0.3 is 45.9 Å². The number of aromatic amines is 1. The number of nitrogens with two attached hydrogens (primary N) is 1. The van der Waals surface area contributed by atoms with Gasteiger partial charge in [0, 0.05) is 55.4 Å². The molecule has 4 fully saturated rings. The van der Waals surface area contributed by atoms with Crippen molar-refractivity contribution in [1.29, 1.82) is 0 Å². The monoisotopic (exact) mass is 845 g/mol. The molecule has 1 saturated heterocycles. The van der Waals surface area contributed by atoms with Crippen molar-refractivity contribution in [3.05, 3.63) is 29.9 Å². The molecule has 334 valence electrons. The lowest BCUT2D eigenvalue weighted by molar-refractivity contribution is -0.205. The number of Topliss-reactive ketones (excluding diaryl/α,β-unsaturated/α-hetero) is 1. The minimum atomic E-state index is -1.48. The van der Waals surface area contributed by atoms with Gasteiger partial charge in [0.2, 0.25) is 0 Å². The van der Waals surface area contributed by atoms with E-state index < -0.39 is 54.5 Å². The highest BCUT2D eigenvalue weighted by molar-refractivity contribution is 7.99. The third-order valence-electron chi connectivity index (χ3n) is 15.9. The van der Waals surface area contributed by atoms with Gasteiger partial charge in [0.05, 0.1) is 12.9 Å². The SMILES string of the molecule is CC(C)CCC[C@@H](C)[C@H]1CC[C@H]2[C@@H]3CC=C4C[C@@H](OC(=O)NCCCCC(=O)[C@@H](Cc5cnc[nH]5)C(N)CS[C@@H]5O[C@H](CO)[C@@H](O)[C@H](O)[C@@H]5O)CC[C@]4(C)[C@H]3CC[C@]12C. The van der Waals surface area contributed by atoms with E-state index in [1.54, 1.807) is 12.5 Å². The Morgan fingerprint density at radius 2 is 1.83 bits per heavy atom. The number of alkyl carbamates (subject to hydrolysis) is 1. The summed E-state index contributed by atoms with van der Waals surface area (Å²) in [5.41, 5.74) is 8.60. The van der Waals surface area contributed by atoms with E-state index in [1.165, 1.54) is 56.9 Å². The predicted octanol–water partition coefficient (Wildman–Crippen LogP) is 6.30. The summed E-state index contributed by atoms with van der Waals surface area (Å²) in [7, 11) is 0. The lowest BCUT2D eigenvalue weighted by Crippen LogP contribution is -2.57. The minimum Gasteiger partial charge on any atom is -0.446 e. The van der Waals surface area contributed by atoms with Gasteiger partial charge in [-0.2, -0.15) is 0 Å². The number of allylic oxidation sites excluding steroid dienone is 1. The zero-order valence-electron chi connectivity index (χ0n) is 36.4. The second kappa shape index (κ2) is 20.5. The third kappa shape index (κ3) is 10.6. The molecule has 12 nitrogen and oxygen atoms in total. The Morgan fingerprint density at radius 3 is 2.56 bits per heavy atom. The van der Waals surface area contributed by atoms with E-state index in [4.69, 9.17) is 15.2 Å². The van der Waals surface area contributed by atoms with Crippen LogP contribution in [0.2, 0.25) is 0 Å². The summed E-state index contributed by atoms with van der Waals surface area (Å²) in [6, 6.07) is -0.606. The number of hydrogen-bond donors (Lipinski definition) is 7. The first-order valence-electron chi connectivity index (χ1n) is 23.0. The number of nitrogens with one attached hydrogen (secondary N) is 2. The smallest absolute Gasteiger partial charge is 0.407 e. The molecule has 1 aromatic rings. The zero-order valence-corrected chi connectivity index (χ0v) is 37.2. The van der Waals surface area contributed by atoms with Gasteiger partial charge in [0.25, 0.3) is 0 Å². The van der Waals surface area contributed by atoms with Crippen molar-refractivity contribution in [2.75, 3.05) is 18.9 Å². The zero-order chi connectivity index (χ0) is 42.5. The van der Waals surface area contributed by atoms with Crippen molar-refractivity contribution in [1.82, 2.24) is 15.3 Å². The standard InChI is InChI=1S/C46H76N4O8S/c1-27(2)9-8-10-28(3)34-14-15-35-32-13-12-29-21-31(16-18-45(29,4)36(32)17-19-46(34,35)5)57-44(56)49-20-7-6-11-38(52)33(22-30-23-48-26-50-30)37(47)25-59-43-42(55)41(54)40(53)39(24-51)58-43/h12,23,26-28,31-37,39-43,51,53-55H,6-11,13-22,24-25,47H2,1-5H3,(H,48,50)(H,49,56)/t28-,31+,32+,33+,34-,35+,36+,37?,39-,40-,41+,42+,43+,45+,46-/m1/s1. The maximum atomic E-state index is 13.5. The number of aromatic nitrogens is 2. The average Bonchev–Trinajstić information content (AvgIpc) is 3.86. The van der Waals surface area contributed by atoms with Crippen LogP contribution in [0.4, 0.5) is 4.79 Å². The van der Waals surface area contributed by atoms with Crippen molar-refractivity contribution in [3.63, 3.8) is 0 Å². The molecular weight excluding hydrogens is 769 g/mol. The Balaban J connectivity index is 0.932. The lowest BCUT2D eigenvalue weighted by atomic mass is 9.47. The van der Waals surface area contributed by atoms with Gasteiger partial charge in [0.1, 0.15) is 41.7 Å². The van der Waals surface area contributed by atoms with E-state index in [9.17, 15) is 30.0 Å². The Kier molecular flexibility index (Phi) is 16.1. The molecule has 5 aliphatic rings. The summed E-state index contributed by atoms with van der Waals surface area (Å²) in [5, 5.41) is 43.2. The van der Waals surface area contributed by atoms with Crippen LogP contribution in [-0.4, -0.2) is 103 Å². The number of unbranched alkanes of at least 4 members (excludes halogenated alkanes) is 1. The number of rotatable bonds is 19. The number of nitrogens with zero attached hydrogens (tertiary/aromatic N) is 1. The molecule has 15 atom stereocenters. The number of H-pyrrole nitrogens is 1. The van der Waals surface area contributed by atoms with Gasteiger partial charge >= 0.3 is 6.09 Å². The summed E-state index contributed by atoms with van der Waals surface area (Å²) in [6.07, 6.45) is 15.3. The molecular formula is C46H76N4O8S. The lowest BCUT2D eigenvalue weighted by Gasteiger charge is -2.58. The summed E-state index contributed by atoms with van der Waals surface area (Å²) >= 11 is 1.14. The maximum absolute atomic E-state index is 13.5. The predicted molar refractivity (Wildman–Crippen MR) is 230 cm³/mol. The van der Waals surface area contributed by atoms with E-state index in [1.807, 2.05) is 0 Å². The van der Waals surface area contributed by atoms with Crippen LogP contribution in [-0.2, 0) is 20.7 Å². The van der Waals surface area contributed by atoms with Crippen LogP contribution in [0.15, 0.2) is 24.2 Å². The summed E-state index contributed by atoms with van der Waals surface area (Å²) in [5.74, 6) is 4.46. The third-order valence-corrected chi connectivity index (χ3v) is 17.2. The molecule has 59 heavy (non-hydrogen) atoms.